The van der Waals surface area contributed by atoms with E-state index in [2.05, 4.69) is 15.6 Å². The van der Waals surface area contributed by atoms with Gasteiger partial charge < -0.3 is 15.0 Å². The molecule has 1 amide bonds. The van der Waals surface area contributed by atoms with E-state index in [1.165, 1.54) is 33.1 Å². The molecule has 0 aliphatic carbocycles. The Labute approximate surface area is 177 Å². The lowest BCUT2D eigenvalue weighted by Crippen LogP contribution is -2.35. The van der Waals surface area contributed by atoms with E-state index >= 15 is 0 Å². The van der Waals surface area contributed by atoms with Crippen LogP contribution in [0.4, 0.5) is 13.2 Å². The van der Waals surface area contributed by atoms with E-state index in [1.807, 2.05) is 0 Å². The second-order valence-electron chi connectivity index (χ2n) is 6.36. The maximum atomic E-state index is 12.9. The Balaban J connectivity index is 2.22. The number of benzene rings is 2. The van der Waals surface area contributed by atoms with Gasteiger partial charge in [-0.1, -0.05) is 46.7 Å². The molecule has 0 fully saturated rings. The van der Waals surface area contributed by atoms with Gasteiger partial charge in [0.25, 0.3) is 0 Å². The van der Waals surface area contributed by atoms with Gasteiger partial charge in [0.05, 0.1) is 11.3 Å². The van der Waals surface area contributed by atoms with E-state index in [4.69, 9.17) is 15.1 Å². The minimum absolute atomic E-state index is 0.0530. The highest BCUT2D eigenvalue weighted by Gasteiger charge is 2.30. The number of halogens is 3. The summed E-state index contributed by atoms with van der Waals surface area (Å²) in [5.74, 6) is -0.700. The summed E-state index contributed by atoms with van der Waals surface area (Å²) in [5, 5.41) is 18.1. The molecule has 10 heteroatoms. The van der Waals surface area contributed by atoms with Gasteiger partial charge in [-0.3, -0.25) is 10.2 Å². The first-order valence-electron chi connectivity index (χ1n) is 9.03. The number of carbonyl (C=O) groups is 1. The van der Waals surface area contributed by atoms with Crippen molar-refractivity contribution in [1.82, 2.24) is 5.32 Å². The smallest absolute Gasteiger partial charge is 0.399 e. The summed E-state index contributed by atoms with van der Waals surface area (Å²) in [5.41, 5.74) is 0.888. The van der Waals surface area contributed by atoms with E-state index in [0.717, 1.165) is 12.1 Å². The Hall–Kier alpha value is -3.69. The number of nitrogens with one attached hydrogen (secondary N) is 2. The van der Waals surface area contributed by atoms with Crippen molar-refractivity contribution in [3.05, 3.63) is 70.8 Å². The number of oxime groups is 2. The highest BCUT2D eigenvalue weighted by Crippen LogP contribution is 2.29. The number of amidine groups is 1. The Morgan fingerprint density at radius 1 is 1.10 bits per heavy atom. The SMILES string of the molecule is CO/N=C(/C(=N)NC(C)=O)c1ccccc1CO/N=C(/C)c1cccc(C(F)(F)F)c1. The number of amides is 1. The number of nitrogens with zero attached hydrogens (tertiary/aromatic N) is 2. The van der Waals surface area contributed by atoms with Gasteiger partial charge in [-0.2, -0.15) is 13.2 Å². The second-order valence-corrected chi connectivity index (χ2v) is 6.36. The topological polar surface area (TPSA) is 96.1 Å². The molecular weight excluding hydrogens is 413 g/mol. The maximum absolute atomic E-state index is 12.9. The summed E-state index contributed by atoms with van der Waals surface area (Å²) in [6.45, 7) is 2.74. The summed E-state index contributed by atoms with van der Waals surface area (Å²) in [6.07, 6.45) is -4.45. The van der Waals surface area contributed by atoms with Gasteiger partial charge in [-0.15, -0.1) is 0 Å². The molecule has 0 unspecified atom stereocenters. The van der Waals surface area contributed by atoms with Crippen molar-refractivity contribution < 1.29 is 27.6 Å². The van der Waals surface area contributed by atoms with Crippen LogP contribution in [0.2, 0.25) is 0 Å². The minimum Gasteiger partial charge on any atom is -0.399 e. The van der Waals surface area contributed by atoms with E-state index < -0.39 is 17.6 Å². The average molecular weight is 434 g/mol. The van der Waals surface area contributed by atoms with Crippen LogP contribution in [0.5, 0.6) is 0 Å². The number of hydrogen-bond donors (Lipinski definition) is 2. The van der Waals surface area contributed by atoms with Gasteiger partial charge in [0.15, 0.2) is 11.5 Å². The molecule has 164 valence electrons. The molecule has 0 bridgehead atoms. The van der Waals surface area contributed by atoms with Gasteiger partial charge in [-0.05, 0) is 24.6 Å². The average Bonchev–Trinajstić information content (AvgIpc) is 2.71. The molecule has 2 N–H and O–H groups in total. The Bertz CT molecular complexity index is 1020. The summed E-state index contributed by atoms with van der Waals surface area (Å²) in [7, 11) is 1.31. The van der Waals surface area contributed by atoms with Crippen molar-refractivity contribution in [3.8, 4) is 0 Å². The Morgan fingerprint density at radius 2 is 1.81 bits per heavy atom. The third-order valence-electron chi connectivity index (χ3n) is 4.02. The molecule has 0 aliphatic rings. The number of hydrogen-bond acceptors (Lipinski definition) is 6. The third kappa shape index (κ3) is 6.66. The van der Waals surface area contributed by atoms with Crippen LogP contribution in [0.1, 0.15) is 36.1 Å². The molecule has 0 atom stereocenters. The number of alkyl halides is 3. The van der Waals surface area contributed by atoms with Gasteiger partial charge in [-0.25, -0.2) is 0 Å². The minimum atomic E-state index is -4.45. The zero-order valence-corrected chi connectivity index (χ0v) is 17.1. The fraction of sp³-hybridized carbons (Fsp3) is 0.238. The first-order chi connectivity index (χ1) is 14.6. The van der Waals surface area contributed by atoms with Crippen molar-refractivity contribution >= 4 is 23.2 Å². The zero-order chi connectivity index (χ0) is 23.0. The summed E-state index contributed by atoms with van der Waals surface area (Å²) in [6, 6.07) is 11.6. The van der Waals surface area contributed by atoms with Crippen LogP contribution in [0.15, 0.2) is 58.8 Å². The van der Waals surface area contributed by atoms with E-state index in [1.54, 1.807) is 24.3 Å². The third-order valence-corrected chi connectivity index (χ3v) is 4.02. The molecule has 2 aromatic rings. The molecule has 0 radical (unpaired) electrons. The molecule has 7 nitrogen and oxygen atoms in total. The molecule has 0 saturated heterocycles. The van der Waals surface area contributed by atoms with E-state index in [9.17, 15) is 18.0 Å². The molecule has 31 heavy (non-hydrogen) atoms. The summed E-state index contributed by atoms with van der Waals surface area (Å²) in [4.78, 5) is 21.4. The maximum Gasteiger partial charge on any atom is 0.416 e. The standard InChI is InChI=1S/C21H21F3N4O3/c1-13(15-8-6-9-17(11-15)21(22,23)24)27-31-12-16-7-4-5-10-18(16)19(28-30-3)20(25)26-14(2)29/h4-11H,12H2,1-3H3,(H2,25,26,29)/b27-13-,28-19+. The van der Waals surface area contributed by atoms with Crippen LogP contribution in [0.25, 0.3) is 0 Å². The normalized spacial score (nSPS) is 12.3. The van der Waals surface area contributed by atoms with Gasteiger partial charge in [0.1, 0.15) is 13.7 Å². The fourth-order valence-electron chi connectivity index (χ4n) is 2.61. The van der Waals surface area contributed by atoms with Crippen LogP contribution in [-0.2, 0) is 27.3 Å². The predicted octanol–water partition coefficient (Wildman–Crippen LogP) is 4.11. The molecule has 0 aliphatic heterocycles. The lowest BCUT2D eigenvalue weighted by Gasteiger charge is -2.12. The quantitative estimate of drug-likeness (QED) is 0.390. The van der Waals surface area contributed by atoms with Crippen molar-refractivity contribution in [2.24, 2.45) is 10.3 Å². The highest BCUT2D eigenvalue weighted by molar-refractivity contribution is 6.48. The lowest BCUT2D eigenvalue weighted by molar-refractivity contribution is -0.137. The van der Waals surface area contributed by atoms with Crippen molar-refractivity contribution in [2.45, 2.75) is 26.6 Å². The van der Waals surface area contributed by atoms with Crippen LogP contribution in [0, 0.1) is 5.41 Å². The molecular formula is C21H21F3N4O3. The molecule has 0 saturated carbocycles. The lowest BCUT2D eigenvalue weighted by atomic mass is 10.0. The van der Waals surface area contributed by atoms with E-state index in [-0.39, 0.29) is 29.4 Å². The largest absolute Gasteiger partial charge is 0.416 e. The molecule has 0 spiro atoms. The predicted molar refractivity (Wildman–Crippen MR) is 110 cm³/mol. The monoisotopic (exact) mass is 434 g/mol. The number of carbonyl (C=O) groups excluding carboxylic acids is 1. The summed E-state index contributed by atoms with van der Waals surface area (Å²) >= 11 is 0. The van der Waals surface area contributed by atoms with Crippen LogP contribution in [-0.4, -0.2) is 30.3 Å². The van der Waals surface area contributed by atoms with Crippen LogP contribution >= 0.6 is 0 Å². The Kier molecular flexibility index (Phi) is 7.89. The molecule has 0 aromatic heterocycles. The van der Waals surface area contributed by atoms with Gasteiger partial charge in [0.2, 0.25) is 5.91 Å². The number of rotatable bonds is 7. The first kappa shape index (κ1) is 23.6. The Morgan fingerprint density at radius 3 is 2.45 bits per heavy atom. The van der Waals surface area contributed by atoms with E-state index in [0.29, 0.717) is 11.1 Å². The molecule has 2 aromatic carbocycles. The van der Waals surface area contributed by atoms with Gasteiger partial charge >= 0.3 is 6.18 Å². The fourth-order valence-corrected chi connectivity index (χ4v) is 2.61. The molecule has 0 heterocycles. The zero-order valence-electron chi connectivity index (χ0n) is 17.1. The second kappa shape index (κ2) is 10.4. The van der Waals surface area contributed by atoms with Crippen LogP contribution in [0.3, 0.4) is 0 Å². The van der Waals surface area contributed by atoms with Crippen molar-refractivity contribution in [1.29, 1.82) is 5.41 Å². The highest BCUT2D eigenvalue weighted by atomic mass is 19.4. The summed E-state index contributed by atoms with van der Waals surface area (Å²) < 4.78 is 38.7. The first-order valence-corrected chi connectivity index (χ1v) is 9.03. The van der Waals surface area contributed by atoms with Crippen LogP contribution < -0.4 is 5.32 Å². The molecule has 2 rings (SSSR count). The van der Waals surface area contributed by atoms with Crippen molar-refractivity contribution in [2.75, 3.05) is 7.11 Å². The van der Waals surface area contributed by atoms with Gasteiger partial charge in [0, 0.05) is 18.1 Å². The van der Waals surface area contributed by atoms with Crippen molar-refractivity contribution in [3.63, 3.8) is 0 Å².